The van der Waals surface area contributed by atoms with E-state index in [4.69, 9.17) is 9.15 Å². The van der Waals surface area contributed by atoms with Crippen LogP contribution in [0.3, 0.4) is 0 Å². The van der Waals surface area contributed by atoms with Crippen molar-refractivity contribution in [1.82, 2.24) is 4.90 Å². The number of hydrogen-bond acceptors (Lipinski definition) is 5. The van der Waals surface area contributed by atoms with E-state index in [2.05, 4.69) is 17.0 Å². The molecular weight excluding hydrogens is 326 g/mol. The molecule has 6 heteroatoms. The third kappa shape index (κ3) is 4.47. The first kappa shape index (κ1) is 17.2. The Bertz CT molecular complexity index is 748. The van der Waals surface area contributed by atoms with E-state index in [1.54, 1.807) is 6.07 Å². The fourth-order valence-electron chi connectivity index (χ4n) is 2.96. The van der Waals surface area contributed by atoms with Gasteiger partial charge in [0.2, 0.25) is 0 Å². The van der Waals surface area contributed by atoms with Gasteiger partial charge in [-0.25, -0.2) is 8.42 Å². The summed E-state index contributed by atoms with van der Waals surface area (Å²) in [7, 11) is -3.23. The van der Waals surface area contributed by atoms with Gasteiger partial charge in [-0.2, -0.15) is 0 Å². The van der Waals surface area contributed by atoms with E-state index in [0.717, 1.165) is 26.0 Å². The first-order valence-electron chi connectivity index (χ1n) is 8.15. The summed E-state index contributed by atoms with van der Waals surface area (Å²) in [6, 6.07) is 12.3. The van der Waals surface area contributed by atoms with Crippen molar-refractivity contribution in [3.05, 3.63) is 54.0 Å². The topological polar surface area (TPSA) is 59.8 Å². The van der Waals surface area contributed by atoms with Crippen LogP contribution in [0.2, 0.25) is 0 Å². The molecule has 1 saturated heterocycles. The van der Waals surface area contributed by atoms with Crippen molar-refractivity contribution in [2.24, 2.45) is 0 Å². The summed E-state index contributed by atoms with van der Waals surface area (Å²) in [5, 5.41) is 0. The second kappa shape index (κ2) is 7.51. The lowest BCUT2D eigenvalue weighted by atomic mass is 10.1. The highest BCUT2D eigenvalue weighted by Crippen LogP contribution is 2.20. The molecule has 1 aliphatic rings. The molecule has 0 amide bonds. The van der Waals surface area contributed by atoms with Gasteiger partial charge in [0, 0.05) is 25.4 Å². The summed E-state index contributed by atoms with van der Waals surface area (Å²) < 4.78 is 34.2. The van der Waals surface area contributed by atoms with Gasteiger partial charge in [0.05, 0.1) is 13.2 Å². The molecule has 2 aromatic rings. The van der Waals surface area contributed by atoms with E-state index in [-0.39, 0.29) is 4.90 Å². The van der Waals surface area contributed by atoms with Crippen molar-refractivity contribution in [3.63, 3.8) is 0 Å². The monoisotopic (exact) mass is 349 g/mol. The molecule has 2 heterocycles. The lowest BCUT2D eigenvalue weighted by molar-refractivity contribution is 0.134. The molecule has 1 aromatic heterocycles. The molecule has 5 nitrogen and oxygen atoms in total. The SMILES string of the molecule is CS(=O)(=O)c1coc(CN(CCc2ccccc2)C2CCOC2)c1. The van der Waals surface area contributed by atoms with E-state index in [1.807, 2.05) is 18.2 Å². The van der Waals surface area contributed by atoms with E-state index < -0.39 is 9.84 Å². The second-order valence-corrected chi connectivity index (χ2v) is 8.26. The van der Waals surface area contributed by atoms with E-state index >= 15 is 0 Å². The predicted molar refractivity (Wildman–Crippen MR) is 91.6 cm³/mol. The van der Waals surface area contributed by atoms with Crippen LogP contribution < -0.4 is 0 Å². The highest BCUT2D eigenvalue weighted by Gasteiger charge is 2.24. The van der Waals surface area contributed by atoms with Crippen LogP contribution in [0.1, 0.15) is 17.7 Å². The molecule has 0 aliphatic carbocycles. The maximum absolute atomic E-state index is 11.6. The fraction of sp³-hybridized carbons (Fsp3) is 0.444. The van der Waals surface area contributed by atoms with Crippen molar-refractivity contribution >= 4 is 9.84 Å². The number of benzene rings is 1. The second-order valence-electron chi connectivity index (χ2n) is 6.24. The van der Waals surface area contributed by atoms with Gasteiger partial charge in [0.15, 0.2) is 9.84 Å². The lowest BCUT2D eigenvalue weighted by Crippen LogP contribution is -2.36. The molecular formula is C18H23NO4S. The maximum Gasteiger partial charge on any atom is 0.178 e. The Labute approximate surface area is 143 Å². The van der Waals surface area contributed by atoms with E-state index in [0.29, 0.717) is 25.0 Å². The maximum atomic E-state index is 11.6. The predicted octanol–water partition coefficient (Wildman–Crippen LogP) is 2.52. The summed E-state index contributed by atoms with van der Waals surface area (Å²) in [6.07, 6.45) is 4.45. The molecule has 130 valence electrons. The fourth-order valence-corrected chi connectivity index (χ4v) is 3.52. The molecule has 0 N–H and O–H groups in total. The van der Waals surface area contributed by atoms with Gasteiger partial charge in [-0.1, -0.05) is 30.3 Å². The molecule has 0 spiro atoms. The van der Waals surface area contributed by atoms with E-state index in [1.165, 1.54) is 18.1 Å². The van der Waals surface area contributed by atoms with Crippen molar-refractivity contribution in [1.29, 1.82) is 0 Å². The van der Waals surface area contributed by atoms with Crippen molar-refractivity contribution < 1.29 is 17.6 Å². The molecule has 1 aromatic carbocycles. The number of rotatable bonds is 7. The molecule has 1 fully saturated rings. The van der Waals surface area contributed by atoms with Gasteiger partial charge in [-0.15, -0.1) is 0 Å². The van der Waals surface area contributed by atoms with Crippen molar-refractivity contribution in [2.75, 3.05) is 26.0 Å². The van der Waals surface area contributed by atoms with Crippen LogP contribution >= 0.6 is 0 Å². The Morgan fingerprint density at radius 2 is 2.04 bits per heavy atom. The molecule has 1 unspecified atom stereocenters. The van der Waals surface area contributed by atoms with Crippen LogP contribution in [0.5, 0.6) is 0 Å². The van der Waals surface area contributed by atoms with Crippen LogP contribution in [0.25, 0.3) is 0 Å². The molecule has 24 heavy (non-hydrogen) atoms. The highest BCUT2D eigenvalue weighted by atomic mass is 32.2. The Kier molecular flexibility index (Phi) is 5.38. The van der Waals surface area contributed by atoms with Gasteiger partial charge in [-0.05, 0) is 24.5 Å². The summed E-state index contributed by atoms with van der Waals surface area (Å²) in [5.74, 6) is 0.676. The Morgan fingerprint density at radius 1 is 1.25 bits per heavy atom. The summed E-state index contributed by atoms with van der Waals surface area (Å²) >= 11 is 0. The molecule has 0 radical (unpaired) electrons. The minimum absolute atomic E-state index is 0.239. The van der Waals surface area contributed by atoms with Crippen molar-refractivity contribution in [3.8, 4) is 0 Å². The average molecular weight is 349 g/mol. The van der Waals surface area contributed by atoms with Gasteiger partial charge in [-0.3, -0.25) is 4.90 Å². The number of ether oxygens (including phenoxy) is 1. The smallest absolute Gasteiger partial charge is 0.178 e. The van der Waals surface area contributed by atoms with Crippen LogP contribution in [-0.2, 0) is 27.5 Å². The Hall–Kier alpha value is -1.63. The third-order valence-electron chi connectivity index (χ3n) is 4.37. The van der Waals surface area contributed by atoms with Gasteiger partial charge in [0.25, 0.3) is 0 Å². The first-order valence-corrected chi connectivity index (χ1v) is 10.0. The Balaban J connectivity index is 1.69. The van der Waals surface area contributed by atoms with Gasteiger partial charge < -0.3 is 9.15 Å². The summed E-state index contributed by atoms with van der Waals surface area (Å²) in [4.78, 5) is 2.56. The van der Waals surface area contributed by atoms with Gasteiger partial charge >= 0.3 is 0 Å². The quantitative estimate of drug-likeness (QED) is 0.769. The zero-order chi connectivity index (χ0) is 17.0. The molecule has 1 aliphatic heterocycles. The normalized spacial score (nSPS) is 18.3. The molecule has 3 rings (SSSR count). The number of hydrogen-bond donors (Lipinski definition) is 0. The number of sulfone groups is 1. The minimum atomic E-state index is -3.23. The van der Waals surface area contributed by atoms with Crippen LogP contribution in [-0.4, -0.2) is 45.4 Å². The summed E-state index contributed by atoms with van der Waals surface area (Å²) in [6.45, 7) is 2.97. The third-order valence-corrected chi connectivity index (χ3v) is 5.44. The number of nitrogens with zero attached hydrogens (tertiary/aromatic N) is 1. The van der Waals surface area contributed by atoms with Crippen molar-refractivity contribution in [2.45, 2.75) is 30.3 Å². The highest BCUT2D eigenvalue weighted by molar-refractivity contribution is 7.90. The standard InChI is InChI=1S/C18H23NO4S/c1-24(20,21)18-11-17(23-14-18)12-19(16-8-10-22-13-16)9-7-15-5-3-2-4-6-15/h2-6,11,14,16H,7-10,12-13H2,1H3. The lowest BCUT2D eigenvalue weighted by Gasteiger charge is -2.26. The average Bonchev–Trinajstić information content (AvgIpc) is 3.23. The Morgan fingerprint density at radius 3 is 2.67 bits per heavy atom. The summed E-state index contributed by atoms with van der Waals surface area (Å²) in [5.41, 5.74) is 1.29. The molecule has 1 atom stereocenters. The van der Waals surface area contributed by atoms with Crippen LogP contribution in [0, 0.1) is 0 Å². The molecule has 0 saturated carbocycles. The van der Waals surface area contributed by atoms with Gasteiger partial charge in [0.1, 0.15) is 16.9 Å². The van der Waals surface area contributed by atoms with Crippen LogP contribution in [0.15, 0.2) is 52.0 Å². The molecule has 0 bridgehead atoms. The first-order chi connectivity index (χ1) is 11.5. The minimum Gasteiger partial charge on any atom is -0.467 e. The zero-order valence-corrected chi connectivity index (χ0v) is 14.7. The zero-order valence-electron chi connectivity index (χ0n) is 13.8. The van der Waals surface area contributed by atoms with Crippen LogP contribution in [0.4, 0.5) is 0 Å². The largest absolute Gasteiger partial charge is 0.467 e. The number of furan rings is 1. The van der Waals surface area contributed by atoms with E-state index in [9.17, 15) is 8.42 Å².